The molecule has 2 aromatic rings. The lowest BCUT2D eigenvalue weighted by Gasteiger charge is -2.34. The molecule has 0 spiro atoms. The number of β-lactam (4-membered cyclic amide) rings is 1. The number of oxime groups is 1. The maximum Gasteiger partial charge on any atom is 0.413 e. The molecule has 1 aliphatic rings. The fourth-order valence-electron chi connectivity index (χ4n) is 3.08. The van der Waals surface area contributed by atoms with Crippen LogP contribution in [0.1, 0.15) is 11.1 Å². The summed E-state index contributed by atoms with van der Waals surface area (Å²) in [7, 11) is 3.01. The minimum absolute atomic E-state index is 0.0794. The monoisotopic (exact) mass is 398 g/mol. The molecular weight excluding hydrogens is 376 g/mol. The molecule has 1 aliphatic heterocycles. The minimum Gasteiger partial charge on any atom is -0.497 e. The normalized spacial score (nSPS) is 18.1. The number of pyridine rings is 1. The third-order valence-corrected chi connectivity index (χ3v) is 4.68. The van der Waals surface area contributed by atoms with E-state index in [2.05, 4.69) is 20.3 Å². The molecule has 2 atom stereocenters. The van der Waals surface area contributed by atoms with Crippen molar-refractivity contribution in [1.29, 1.82) is 0 Å². The predicted molar refractivity (Wildman–Crippen MR) is 106 cm³/mol. The van der Waals surface area contributed by atoms with Crippen LogP contribution in [0.2, 0.25) is 0 Å². The van der Waals surface area contributed by atoms with Crippen LogP contribution in [0.25, 0.3) is 0 Å². The average Bonchev–Trinajstić information content (AvgIpc) is 2.73. The number of rotatable bonds is 8. The van der Waals surface area contributed by atoms with Crippen molar-refractivity contribution in [2.24, 2.45) is 11.1 Å². The van der Waals surface area contributed by atoms with Crippen molar-refractivity contribution in [1.82, 2.24) is 10.3 Å². The van der Waals surface area contributed by atoms with Gasteiger partial charge in [0.15, 0.2) is 0 Å². The highest BCUT2D eigenvalue weighted by molar-refractivity contribution is 5.94. The van der Waals surface area contributed by atoms with Crippen LogP contribution in [0.15, 0.2) is 47.8 Å². The highest BCUT2D eigenvalue weighted by Crippen LogP contribution is 2.23. The molecule has 2 N–H and O–H groups in total. The van der Waals surface area contributed by atoms with Crippen LogP contribution in [0.5, 0.6) is 5.75 Å². The number of hydrogen-bond acceptors (Lipinski definition) is 6. The zero-order valence-electron chi connectivity index (χ0n) is 16.1. The van der Waals surface area contributed by atoms with E-state index < -0.39 is 6.09 Å². The van der Waals surface area contributed by atoms with Gasteiger partial charge in [0.25, 0.3) is 0 Å². The van der Waals surface area contributed by atoms with Gasteiger partial charge in [0.1, 0.15) is 18.7 Å². The maximum absolute atomic E-state index is 11.9. The number of amides is 2. The Bertz CT molecular complexity index is 900. The van der Waals surface area contributed by atoms with Crippen molar-refractivity contribution in [3.63, 3.8) is 0 Å². The Kier molecular flexibility index (Phi) is 6.28. The van der Waals surface area contributed by atoms with E-state index in [1.54, 1.807) is 55.9 Å². The van der Waals surface area contributed by atoms with Gasteiger partial charge < -0.3 is 20.0 Å². The largest absolute Gasteiger partial charge is 0.497 e. The molecule has 9 nitrogen and oxygen atoms in total. The quantitative estimate of drug-likeness (QED) is 0.400. The molecule has 152 valence electrons. The number of carbonyl (C=O) groups excluding carboxylic acids is 1. The number of carbonyl (C=O) groups is 2. The van der Waals surface area contributed by atoms with Crippen LogP contribution in [-0.2, 0) is 22.6 Å². The summed E-state index contributed by atoms with van der Waals surface area (Å²) in [6, 6.07) is 10.4. The number of anilines is 1. The van der Waals surface area contributed by atoms with E-state index in [1.807, 2.05) is 0 Å². The highest BCUT2D eigenvalue weighted by Gasteiger charge is 2.38. The Labute approximate surface area is 167 Å². The Morgan fingerprint density at radius 2 is 2.03 bits per heavy atom. The second-order valence-corrected chi connectivity index (χ2v) is 6.52. The van der Waals surface area contributed by atoms with Gasteiger partial charge in [0.2, 0.25) is 5.91 Å². The summed E-state index contributed by atoms with van der Waals surface area (Å²) in [4.78, 5) is 33.7. The first-order chi connectivity index (χ1) is 14.0. The van der Waals surface area contributed by atoms with Crippen molar-refractivity contribution in [2.75, 3.05) is 19.1 Å². The Morgan fingerprint density at radius 3 is 2.66 bits per heavy atom. The van der Waals surface area contributed by atoms with Gasteiger partial charge in [0.05, 0.1) is 31.8 Å². The van der Waals surface area contributed by atoms with E-state index in [0.717, 1.165) is 16.0 Å². The summed E-state index contributed by atoms with van der Waals surface area (Å²) in [6.45, 7) is 0.142. The predicted octanol–water partition coefficient (Wildman–Crippen LogP) is 2.06. The van der Waals surface area contributed by atoms with E-state index in [1.165, 1.54) is 7.11 Å². The second-order valence-electron chi connectivity index (χ2n) is 6.52. The first kappa shape index (κ1) is 20.1. The van der Waals surface area contributed by atoms with Crippen LogP contribution in [0.4, 0.5) is 10.6 Å². The first-order valence-electron chi connectivity index (χ1n) is 8.97. The van der Waals surface area contributed by atoms with Gasteiger partial charge in [-0.15, -0.1) is 0 Å². The zero-order chi connectivity index (χ0) is 20.8. The van der Waals surface area contributed by atoms with E-state index in [0.29, 0.717) is 18.0 Å². The van der Waals surface area contributed by atoms with E-state index in [9.17, 15) is 14.7 Å². The lowest BCUT2D eigenvalue weighted by Crippen LogP contribution is -2.59. The molecule has 9 heteroatoms. The molecule has 0 aliphatic carbocycles. The third-order valence-electron chi connectivity index (χ3n) is 4.68. The van der Waals surface area contributed by atoms with Gasteiger partial charge in [0, 0.05) is 6.20 Å². The number of benzene rings is 1. The van der Waals surface area contributed by atoms with Crippen LogP contribution in [0.3, 0.4) is 0 Å². The smallest absolute Gasteiger partial charge is 0.413 e. The number of nitrogens with one attached hydrogen (secondary N) is 1. The molecule has 1 fully saturated rings. The molecule has 2 heterocycles. The summed E-state index contributed by atoms with van der Waals surface area (Å²) in [5.74, 6) is 0.627. The van der Waals surface area contributed by atoms with E-state index >= 15 is 0 Å². The molecule has 1 saturated heterocycles. The lowest BCUT2D eigenvalue weighted by atomic mass is 9.85. The van der Waals surface area contributed by atoms with E-state index in [-0.39, 0.29) is 24.4 Å². The van der Waals surface area contributed by atoms with Gasteiger partial charge in [-0.3, -0.25) is 9.69 Å². The first-order valence-corrected chi connectivity index (χ1v) is 8.97. The zero-order valence-corrected chi connectivity index (χ0v) is 16.1. The molecule has 1 aromatic carbocycles. The summed E-state index contributed by atoms with van der Waals surface area (Å²) in [5, 5.41) is 16.1. The van der Waals surface area contributed by atoms with Crippen LogP contribution < -0.4 is 15.0 Å². The Morgan fingerprint density at radius 1 is 1.28 bits per heavy atom. The fourth-order valence-corrected chi connectivity index (χ4v) is 3.08. The summed E-state index contributed by atoms with van der Waals surface area (Å²) < 4.78 is 5.12. The van der Waals surface area contributed by atoms with Crippen LogP contribution in [-0.4, -0.2) is 48.6 Å². The molecule has 2 amide bonds. The van der Waals surface area contributed by atoms with Gasteiger partial charge in [-0.2, -0.15) is 0 Å². The van der Waals surface area contributed by atoms with Crippen molar-refractivity contribution < 1.29 is 24.3 Å². The SMILES string of the molecule is CON=C[C@H]1NC(=O)[C@@H]1Cc1ccnc(N(Cc2ccc(OC)cc2)C(=O)O)c1. The summed E-state index contributed by atoms with van der Waals surface area (Å²) in [5.41, 5.74) is 1.61. The number of methoxy groups -OCH3 is 1. The fraction of sp³-hybridized carbons (Fsp3) is 0.300. The molecule has 29 heavy (non-hydrogen) atoms. The Balaban J connectivity index is 1.75. The van der Waals surface area contributed by atoms with Crippen molar-refractivity contribution in [3.05, 3.63) is 53.7 Å². The Hall–Kier alpha value is -3.62. The van der Waals surface area contributed by atoms with Gasteiger partial charge in [-0.25, -0.2) is 9.78 Å². The molecule has 0 radical (unpaired) electrons. The molecule has 0 bridgehead atoms. The molecule has 0 saturated carbocycles. The summed E-state index contributed by atoms with van der Waals surface area (Å²) >= 11 is 0. The average molecular weight is 398 g/mol. The van der Waals surface area contributed by atoms with Gasteiger partial charge >= 0.3 is 6.09 Å². The number of carboxylic acid groups (broad SMARTS) is 1. The molecule has 0 unspecified atom stereocenters. The number of aromatic nitrogens is 1. The third kappa shape index (κ3) is 4.81. The number of hydrogen-bond donors (Lipinski definition) is 2. The lowest BCUT2D eigenvalue weighted by molar-refractivity contribution is -0.132. The van der Waals surface area contributed by atoms with Gasteiger partial charge in [-0.1, -0.05) is 17.3 Å². The highest BCUT2D eigenvalue weighted by atomic mass is 16.6. The molecule has 1 aromatic heterocycles. The number of nitrogens with zero attached hydrogens (tertiary/aromatic N) is 3. The minimum atomic E-state index is -1.11. The van der Waals surface area contributed by atoms with Crippen molar-refractivity contribution in [3.8, 4) is 5.75 Å². The topological polar surface area (TPSA) is 113 Å². The van der Waals surface area contributed by atoms with Crippen LogP contribution >= 0.6 is 0 Å². The standard InChI is InChI=1S/C20H22N4O5/c1-28-15-5-3-13(4-6-15)12-24(20(26)27)18-10-14(7-8-21-18)9-16-17(11-22-29-2)23-19(16)25/h3-8,10-11,16-17H,9,12H2,1-2H3,(H,23,25)(H,26,27)/t16-,17-/m1/s1. The second kappa shape index (κ2) is 9.05. The maximum atomic E-state index is 11.9. The van der Waals surface area contributed by atoms with Crippen molar-refractivity contribution >= 4 is 24.0 Å². The van der Waals surface area contributed by atoms with Crippen molar-refractivity contribution in [2.45, 2.75) is 19.0 Å². The van der Waals surface area contributed by atoms with Gasteiger partial charge in [-0.05, 0) is 41.8 Å². The summed E-state index contributed by atoms with van der Waals surface area (Å²) in [6.07, 6.45) is 2.42. The molecule has 3 rings (SSSR count). The van der Waals surface area contributed by atoms with Crippen LogP contribution in [0, 0.1) is 5.92 Å². The molecular formula is C20H22N4O5. The number of ether oxygens (including phenoxy) is 1. The van der Waals surface area contributed by atoms with E-state index in [4.69, 9.17) is 4.74 Å².